The van der Waals surface area contributed by atoms with Gasteiger partial charge in [0.2, 0.25) is 17.6 Å². The predicted molar refractivity (Wildman–Crippen MR) is 196 cm³/mol. The van der Waals surface area contributed by atoms with Crippen LogP contribution < -0.4 is 10.6 Å². The Labute approximate surface area is 311 Å². The van der Waals surface area contributed by atoms with Crippen LogP contribution in [0.2, 0.25) is 0 Å². The summed E-state index contributed by atoms with van der Waals surface area (Å²) in [4.78, 5) is 51.6. The average Bonchev–Trinajstić information content (AvgIpc) is 3.51. The summed E-state index contributed by atoms with van der Waals surface area (Å²) >= 11 is 2.16. The number of aliphatic hydroxyl groups excluding tert-OH is 1. The molecule has 2 aliphatic rings. The van der Waals surface area contributed by atoms with Crippen molar-refractivity contribution in [2.45, 2.75) is 82.2 Å². The van der Waals surface area contributed by atoms with Crippen LogP contribution in [0, 0.1) is 3.57 Å². The van der Waals surface area contributed by atoms with Gasteiger partial charge in [0.15, 0.2) is 0 Å². The molecule has 12 heteroatoms. The second-order valence-corrected chi connectivity index (χ2v) is 14.7. The van der Waals surface area contributed by atoms with Crippen molar-refractivity contribution < 1.29 is 43.2 Å². The number of carbonyl (C=O) groups is 4. The average molecular weight is 811 g/mol. The molecule has 0 radical (unpaired) electrons. The normalized spacial score (nSPS) is 19.9. The van der Waals surface area contributed by atoms with Crippen molar-refractivity contribution in [3.8, 4) is 0 Å². The molecule has 2 amide bonds. The van der Waals surface area contributed by atoms with Crippen molar-refractivity contribution in [2.24, 2.45) is 0 Å². The molecule has 1 heterocycles. The number of ether oxygens (including phenoxy) is 4. The Morgan fingerprint density at radius 3 is 2.14 bits per heavy atom. The maximum absolute atomic E-state index is 13.5. The highest BCUT2D eigenvalue weighted by Gasteiger charge is 2.55. The smallest absolute Gasteiger partial charge is 0.338 e. The van der Waals surface area contributed by atoms with Gasteiger partial charge in [-0.2, -0.15) is 0 Å². The maximum atomic E-state index is 13.5. The SMILES string of the molecule is CC(C)(C)OC(=O)CCC(CO)NC(=O)CCNC(=O)C1=CC2OC(c3ccccc3)(c3ccccc3)OC2C(OC(=O)c2ccc(I)cc2)C1. The lowest BCUT2D eigenvalue weighted by molar-refractivity contribution is -0.157. The Kier molecular flexibility index (Phi) is 12.7. The quantitative estimate of drug-likeness (QED) is 0.161. The van der Waals surface area contributed by atoms with Gasteiger partial charge in [-0.1, -0.05) is 60.7 Å². The topological polar surface area (TPSA) is 149 Å². The van der Waals surface area contributed by atoms with Crippen molar-refractivity contribution in [1.29, 1.82) is 0 Å². The summed E-state index contributed by atoms with van der Waals surface area (Å²) in [6, 6.07) is 25.3. The van der Waals surface area contributed by atoms with Crippen LogP contribution in [0.1, 0.15) is 67.9 Å². The molecule has 4 atom stereocenters. The van der Waals surface area contributed by atoms with E-state index in [9.17, 15) is 24.3 Å². The summed E-state index contributed by atoms with van der Waals surface area (Å²) in [5, 5.41) is 15.2. The number of nitrogens with one attached hydrogen (secondary N) is 2. The lowest BCUT2D eigenvalue weighted by Crippen LogP contribution is -2.44. The number of carbonyl (C=O) groups excluding carboxylic acids is 4. The highest BCUT2D eigenvalue weighted by molar-refractivity contribution is 14.1. The zero-order valence-electron chi connectivity index (χ0n) is 28.8. The summed E-state index contributed by atoms with van der Waals surface area (Å²) in [6.07, 6.45) is -0.449. The van der Waals surface area contributed by atoms with Crippen LogP contribution >= 0.6 is 22.6 Å². The van der Waals surface area contributed by atoms with E-state index in [1.165, 1.54) is 0 Å². The summed E-state index contributed by atoms with van der Waals surface area (Å²) in [5.41, 5.74) is 1.54. The standard InChI is InChI=1S/C39H43IN2O9/c1-38(2,3)50-34(45)19-18-30(24-43)42-33(44)20-21-41-36(46)26-22-31(48-37(47)25-14-16-29(40)17-15-25)35-32(23-26)49-39(51-35,27-10-6-4-7-11-27)28-12-8-5-9-13-28/h4-17,23,30-32,35,43H,18-22,24H2,1-3H3,(H,41,46)(H,42,44). The third-order valence-electron chi connectivity index (χ3n) is 8.36. The molecule has 4 unspecified atom stereocenters. The molecule has 1 aliphatic carbocycles. The monoisotopic (exact) mass is 810 g/mol. The zero-order chi connectivity index (χ0) is 36.6. The first-order valence-electron chi connectivity index (χ1n) is 16.9. The number of hydrogen-bond donors (Lipinski definition) is 3. The van der Waals surface area contributed by atoms with E-state index in [-0.39, 0.29) is 38.8 Å². The van der Waals surface area contributed by atoms with Gasteiger partial charge in [0.05, 0.1) is 18.2 Å². The van der Waals surface area contributed by atoms with Crippen molar-refractivity contribution in [2.75, 3.05) is 13.2 Å². The molecule has 5 rings (SSSR count). The summed E-state index contributed by atoms with van der Waals surface area (Å²) < 4.78 is 25.8. The van der Waals surface area contributed by atoms with Gasteiger partial charge in [-0.05, 0) is 80.1 Å². The Hall–Kier alpha value is -4.11. The third kappa shape index (κ3) is 10.0. The number of amides is 2. The van der Waals surface area contributed by atoms with Gasteiger partial charge in [-0.15, -0.1) is 0 Å². The molecule has 1 aliphatic heterocycles. The van der Waals surface area contributed by atoms with Gasteiger partial charge >= 0.3 is 11.9 Å². The highest BCUT2D eigenvalue weighted by atomic mass is 127. The second kappa shape index (κ2) is 16.9. The summed E-state index contributed by atoms with van der Waals surface area (Å²) in [6.45, 7) is 4.95. The summed E-state index contributed by atoms with van der Waals surface area (Å²) in [7, 11) is 0. The van der Waals surface area contributed by atoms with Crippen molar-refractivity contribution >= 4 is 46.3 Å². The van der Waals surface area contributed by atoms with E-state index in [1.807, 2.05) is 72.8 Å². The first-order valence-corrected chi connectivity index (χ1v) is 18.0. The molecule has 1 saturated heterocycles. The molecule has 51 heavy (non-hydrogen) atoms. The number of aliphatic hydroxyl groups is 1. The number of esters is 2. The fourth-order valence-electron chi connectivity index (χ4n) is 5.98. The number of benzene rings is 3. The van der Waals surface area contributed by atoms with Crippen molar-refractivity contribution in [3.63, 3.8) is 0 Å². The Morgan fingerprint density at radius 1 is 0.922 bits per heavy atom. The second-order valence-electron chi connectivity index (χ2n) is 13.4. The van der Waals surface area contributed by atoms with E-state index < -0.39 is 59.5 Å². The van der Waals surface area contributed by atoms with Crippen LogP contribution in [-0.4, -0.2) is 72.0 Å². The molecule has 3 aromatic rings. The van der Waals surface area contributed by atoms with Crippen molar-refractivity contribution in [3.05, 3.63) is 117 Å². The van der Waals surface area contributed by atoms with Crippen LogP contribution in [0.15, 0.2) is 96.6 Å². The van der Waals surface area contributed by atoms with E-state index >= 15 is 0 Å². The molecule has 1 fully saturated rings. The van der Waals surface area contributed by atoms with Gasteiger partial charge in [-0.25, -0.2) is 4.79 Å². The Morgan fingerprint density at radius 2 is 1.55 bits per heavy atom. The van der Waals surface area contributed by atoms with Gasteiger partial charge in [-0.3, -0.25) is 14.4 Å². The molecule has 3 N–H and O–H groups in total. The third-order valence-corrected chi connectivity index (χ3v) is 9.08. The van der Waals surface area contributed by atoms with Gasteiger partial charge in [0, 0.05) is 46.1 Å². The summed E-state index contributed by atoms with van der Waals surface area (Å²) in [5.74, 6) is -3.16. The van der Waals surface area contributed by atoms with E-state index in [0.29, 0.717) is 11.1 Å². The minimum Gasteiger partial charge on any atom is -0.460 e. The molecular formula is C39H43IN2O9. The van der Waals surface area contributed by atoms with E-state index in [0.717, 1.165) is 14.7 Å². The number of rotatable bonds is 13. The fraction of sp³-hybridized carbons (Fsp3) is 0.385. The largest absolute Gasteiger partial charge is 0.460 e. The maximum Gasteiger partial charge on any atom is 0.338 e. The number of halogens is 1. The van der Waals surface area contributed by atoms with Crippen LogP contribution in [0.5, 0.6) is 0 Å². The van der Waals surface area contributed by atoms with Gasteiger partial charge in [0.1, 0.15) is 23.9 Å². The molecule has 270 valence electrons. The van der Waals surface area contributed by atoms with E-state index in [4.69, 9.17) is 18.9 Å². The molecule has 0 spiro atoms. The molecular weight excluding hydrogens is 767 g/mol. The van der Waals surface area contributed by atoms with E-state index in [1.54, 1.807) is 39.0 Å². The van der Waals surface area contributed by atoms with Crippen molar-refractivity contribution in [1.82, 2.24) is 10.6 Å². The van der Waals surface area contributed by atoms with Gasteiger partial charge < -0.3 is 34.7 Å². The lowest BCUT2D eigenvalue weighted by atomic mass is 9.91. The molecule has 0 aromatic heterocycles. The minimum atomic E-state index is -1.33. The zero-order valence-corrected chi connectivity index (χ0v) is 31.0. The molecule has 0 saturated carbocycles. The Bertz CT molecular complexity index is 1670. The lowest BCUT2D eigenvalue weighted by Gasteiger charge is -2.31. The minimum absolute atomic E-state index is 0.00272. The van der Waals surface area contributed by atoms with E-state index in [2.05, 4.69) is 33.2 Å². The number of hydrogen-bond acceptors (Lipinski definition) is 9. The molecule has 3 aromatic carbocycles. The van der Waals surface area contributed by atoms with Crippen LogP contribution in [0.25, 0.3) is 0 Å². The molecule has 11 nitrogen and oxygen atoms in total. The first-order chi connectivity index (χ1) is 24.4. The molecule has 0 bridgehead atoms. The van der Waals surface area contributed by atoms with Crippen LogP contribution in [0.3, 0.4) is 0 Å². The first kappa shape index (κ1) is 38.1. The number of fused-ring (bicyclic) bond motifs is 1. The highest BCUT2D eigenvalue weighted by Crippen LogP contribution is 2.47. The predicted octanol–water partition coefficient (Wildman–Crippen LogP) is 4.94. The van der Waals surface area contributed by atoms with Crippen LogP contribution in [0.4, 0.5) is 0 Å². The fourth-order valence-corrected chi connectivity index (χ4v) is 6.34. The van der Waals surface area contributed by atoms with Crippen LogP contribution in [-0.2, 0) is 39.1 Å². The Balaban J connectivity index is 1.29. The van der Waals surface area contributed by atoms with Gasteiger partial charge in [0.25, 0.3) is 0 Å².